The molecule has 0 radical (unpaired) electrons. The lowest BCUT2D eigenvalue weighted by atomic mass is 10.2. The third-order valence-corrected chi connectivity index (χ3v) is 2.68. The van der Waals surface area contributed by atoms with Crippen LogP contribution < -0.4 is 5.73 Å². The van der Waals surface area contributed by atoms with Gasteiger partial charge in [0.1, 0.15) is 5.82 Å². The maximum Gasteiger partial charge on any atom is 0.141 e. The van der Waals surface area contributed by atoms with Crippen molar-refractivity contribution in [3.63, 3.8) is 0 Å². The number of aromatic nitrogens is 4. The molecule has 0 atom stereocenters. The van der Waals surface area contributed by atoms with E-state index < -0.39 is 0 Å². The highest BCUT2D eigenvalue weighted by Crippen LogP contribution is 2.08. The van der Waals surface area contributed by atoms with E-state index in [1.807, 2.05) is 4.68 Å². The Morgan fingerprint density at radius 1 is 1.12 bits per heavy atom. The van der Waals surface area contributed by atoms with Gasteiger partial charge in [-0.2, -0.15) is 5.10 Å². The van der Waals surface area contributed by atoms with Crippen molar-refractivity contribution in [2.24, 2.45) is 0 Å². The number of rotatable bonds is 4. The molecule has 0 saturated carbocycles. The number of nitrogens with zero attached hydrogens (tertiary/aromatic N) is 4. The normalized spacial score (nSPS) is 10.7. The van der Waals surface area contributed by atoms with Crippen molar-refractivity contribution in [1.29, 1.82) is 0 Å². The summed E-state index contributed by atoms with van der Waals surface area (Å²) in [6, 6.07) is 2.14. The maximum atomic E-state index is 5.51. The molecule has 17 heavy (non-hydrogen) atoms. The van der Waals surface area contributed by atoms with Crippen LogP contribution in [0.1, 0.15) is 30.9 Å². The van der Waals surface area contributed by atoms with Gasteiger partial charge < -0.3 is 5.73 Å². The van der Waals surface area contributed by atoms with Gasteiger partial charge >= 0.3 is 0 Å². The first-order chi connectivity index (χ1) is 8.22. The zero-order valence-electron chi connectivity index (χ0n) is 10.2. The van der Waals surface area contributed by atoms with Crippen LogP contribution in [-0.4, -0.2) is 19.7 Å². The molecule has 0 amide bonds. The summed E-state index contributed by atoms with van der Waals surface area (Å²) in [5.74, 6) is 0.444. The molecule has 2 N–H and O–H groups in total. The van der Waals surface area contributed by atoms with Crippen LogP contribution in [0.15, 0.2) is 18.5 Å². The summed E-state index contributed by atoms with van der Waals surface area (Å²) in [5, 5.41) is 4.53. The van der Waals surface area contributed by atoms with Crippen molar-refractivity contribution in [2.45, 2.75) is 33.2 Å². The fourth-order valence-corrected chi connectivity index (χ4v) is 1.71. The van der Waals surface area contributed by atoms with Crippen molar-refractivity contribution in [2.75, 3.05) is 5.73 Å². The molecule has 5 nitrogen and oxygen atoms in total. The fraction of sp³-hybridized carbons (Fsp3) is 0.417. The Kier molecular flexibility index (Phi) is 3.37. The van der Waals surface area contributed by atoms with E-state index in [-0.39, 0.29) is 0 Å². The summed E-state index contributed by atoms with van der Waals surface area (Å²) in [4.78, 5) is 8.27. The summed E-state index contributed by atoms with van der Waals surface area (Å²) in [5.41, 5.74) is 8.72. The number of nitrogens with two attached hydrogens (primary N) is 1. The maximum absolute atomic E-state index is 5.51. The number of anilines is 1. The summed E-state index contributed by atoms with van der Waals surface area (Å²) in [6.07, 6.45) is 5.19. The van der Waals surface area contributed by atoms with E-state index in [2.05, 4.69) is 35.0 Å². The summed E-state index contributed by atoms with van der Waals surface area (Å²) >= 11 is 0. The molecule has 0 aliphatic heterocycles. The largest absolute Gasteiger partial charge is 0.382 e. The molecule has 0 aromatic carbocycles. The number of hydrogen-bond donors (Lipinski definition) is 1. The van der Waals surface area contributed by atoms with Gasteiger partial charge in [-0.3, -0.25) is 9.67 Å². The van der Waals surface area contributed by atoms with Crippen molar-refractivity contribution >= 4 is 5.82 Å². The van der Waals surface area contributed by atoms with Crippen LogP contribution in [-0.2, 0) is 19.4 Å². The average Bonchev–Trinajstić information content (AvgIpc) is 2.74. The Hall–Kier alpha value is -1.91. The first-order valence-corrected chi connectivity index (χ1v) is 5.85. The first-order valence-electron chi connectivity index (χ1n) is 5.85. The third kappa shape index (κ3) is 2.61. The quantitative estimate of drug-likeness (QED) is 0.864. The van der Waals surface area contributed by atoms with E-state index in [9.17, 15) is 0 Å². The van der Waals surface area contributed by atoms with Crippen molar-refractivity contribution in [1.82, 2.24) is 19.7 Å². The minimum atomic E-state index is 0.444. The van der Waals surface area contributed by atoms with Crippen LogP contribution in [0.25, 0.3) is 0 Å². The molecular formula is C12H17N5. The molecular weight excluding hydrogens is 214 g/mol. The molecule has 0 bridgehead atoms. The second-order valence-electron chi connectivity index (χ2n) is 3.92. The van der Waals surface area contributed by atoms with Gasteiger partial charge in [-0.1, -0.05) is 13.8 Å². The highest BCUT2D eigenvalue weighted by molar-refractivity contribution is 5.23. The Balaban J connectivity index is 2.22. The molecule has 0 saturated heterocycles. The summed E-state index contributed by atoms with van der Waals surface area (Å²) < 4.78 is 1.99. The van der Waals surface area contributed by atoms with E-state index in [1.165, 1.54) is 5.69 Å². The summed E-state index contributed by atoms with van der Waals surface area (Å²) in [6.45, 7) is 4.88. The molecule has 2 aromatic heterocycles. The van der Waals surface area contributed by atoms with Crippen molar-refractivity contribution in [3.05, 3.63) is 35.5 Å². The van der Waals surface area contributed by atoms with Gasteiger partial charge in [-0.05, 0) is 18.9 Å². The van der Waals surface area contributed by atoms with E-state index >= 15 is 0 Å². The minimum absolute atomic E-state index is 0.444. The Morgan fingerprint density at radius 2 is 1.94 bits per heavy atom. The third-order valence-electron chi connectivity index (χ3n) is 2.68. The lowest BCUT2D eigenvalue weighted by Crippen LogP contribution is -2.08. The second kappa shape index (κ2) is 4.95. The molecule has 0 spiro atoms. The van der Waals surface area contributed by atoms with Gasteiger partial charge in [-0.25, -0.2) is 4.98 Å². The van der Waals surface area contributed by atoms with E-state index in [0.717, 1.165) is 24.2 Å². The molecule has 0 aliphatic rings. The number of nitrogen functional groups attached to an aromatic ring is 1. The zero-order chi connectivity index (χ0) is 12.3. The lowest BCUT2D eigenvalue weighted by Gasteiger charge is -2.04. The van der Waals surface area contributed by atoms with Gasteiger partial charge in [0, 0.05) is 5.69 Å². The average molecular weight is 231 g/mol. The molecule has 2 aromatic rings. The highest BCUT2D eigenvalue weighted by Gasteiger charge is 2.06. The van der Waals surface area contributed by atoms with Crippen molar-refractivity contribution in [3.8, 4) is 0 Å². The molecule has 2 heterocycles. The lowest BCUT2D eigenvalue weighted by molar-refractivity contribution is 0.628. The second-order valence-corrected chi connectivity index (χ2v) is 3.92. The monoisotopic (exact) mass is 231 g/mol. The van der Waals surface area contributed by atoms with Gasteiger partial charge in [0.25, 0.3) is 0 Å². The van der Waals surface area contributed by atoms with E-state index in [0.29, 0.717) is 12.4 Å². The Morgan fingerprint density at radius 3 is 2.53 bits per heavy atom. The van der Waals surface area contributed by atoms with E-state index in [4.69, 9.17) is 5.73 Å². The predicted octanol–water partition coefficient (Wildman–Crippen LogP) is 1.43. The van der Waals surface area contributed by atoms with Gasteiger partial charge in [0.2, 0.25) is 0 Å². The molecule has 5 heteroatoms. The molecule has 2 rings (SSSR count). The zero-order valence-corrected chi connectivity index (χ0v) is 10.2. The molecule has 0 fully saturated rings. The molecule has 0 aliphatic carbocycles. The standard InChI is InChI=1S/C12H17N5/c1-3-9-5-11(4-2)17(16-9)8-10-6-15-12(13)7-14-10/h5-7H,3-4,8H2,1-2H3,(H2,13,15). The van der Waals surface area contributed by atoms with Crippen LogP contribution in [0.2, 0.25) is 0 Å². The number of hydrogen-bond acceptors (Lipinski definition) is 4. The fourth-order valence-electron chi connectivity index (χ4n) is 1.71. The van der Waals surface area contributed by atoms with Crippen molar-refractivity contribution < 1.29 is 0 Å². The van der Waals surface area contributed by atoms with Gasteiger partial charge in [0.05, 0.1) is 30.3 Å². The van der Waals surface area contributed by atoms with Gasteiger partial charge in [0.15, 0.2) is 0 Å². The number of aryl methyl sites for hydroxylation is 2. The van der Waals surface area contributed by atoms with Crippen LogP contribution in [0.5, 0.6) is 0 Å². The topological polar surface area (TPSA) is 69.6 Å². The van der Waals surface area contributed by atoms with Crippen LogP contribution in [0.4, 0.5) is 5.82 Å². The Labute approximate surface area is 101 Å². The summed E-state index contributed by atoms with van der Waals surface area (Å²) in [7, 11) is 0. The predicted molar refractivity (Wildman–Crippen MR) is 66.5 cm³/mol. The molecule has 90 valence electrons. The minimum Gasteiger partial charge on any atom is -0.382 e. The SMILES string of the molecule is CCc1cc(CC)n(Cc2cnc(N)cn2)n1. The Bertz CT molecular complexity index is 486. The highest BCUT2D eigenvalue weighted by atomic mass is 15.3. The van der Waals surface area contributed by atoms with Crippen LogP contribution >= 0.6 is 0 Å². The molecule has 0 unspecified atom stereocenters. The van der Waals surface area contributed by atoms with E-state index in [1.54, 1.807) is 12.4 Å². The van der Waals surface area contributed by atoms with Gasteiger partial charge in [-0.15, -0.1) is 0 Å². The smallest absolute Gasteiger partial charge is 0.141 e. The first kappa shape index (κ1) is 11.6. The van der Waals surface area contributed by atoms with Crippen LogP contribution in [0.3, 0.4) is 0 Å². The van der Waals surface area contributed by atoms with Crippen LogP contribution in [0, 0.1) is 0 Å².